The fraction of sp³-hybridized carbons (Fsp3) is 0.600. The maximum Gasteiger partial charge on any atom is 0.408 e. The number of amides is 3. The number of terminal acetylenes is 1. The van der Waals surface area contributed by atoms with Crippen molar-refractivity contribution in [2.75, 3.05) is 13.2 Å². The van der Waals surface area contributed by atoms with E-state index in [1.165, 1.54) is 4.90 Å². The van der Waals surface area contributed by atoms with Crippen LogP contribution in [0.25, 0.3) is 0 Å². The van der Waals surface area contributed by atoms with Gasteiger partial charge in [-0.25, -0.2) is 4.79 Å². The van der Waals surface area contributed by atoms with E-state index in [1.807, 2.05) is 27.7 Å². The normalized spacial score (nSPS) is 13.4. The van der Waals surface area contributed by atoms with E-state index in [1.54, 1.807) is 52.0 Å². The molecule has 1 aromatic rings. The van der Waals surface area contributed by atoms with Gasteiger partial charge in [-0.3, -0.25) is 14.4 Å². The van der Waals surface area contributed by atoms with Crippen molar-refractivity contribution in [3.63, 3.8) is 0 Å². The first-order valence-electron chi connectivity index (χ1n) is 13.6. The molecule has 0 heterocycles. The van der Waals surface area contributed by atoms with E-state index in [0.29, 0.717) is 24.0 Å². The van der Waals surface area contributed by atoms with Crippen LogP contribution in [-0.4, -0.2) is 59.6 Å². The Hall–Kier alpha value is -3.54. The fourth-order valence-corrected chi connectivity index (χ4v) is 4.02. The third kappa shape index (κ3) is 11.0. The predicted molar refractivity (Wildman–Crippen MR) is 151 cm³/mol. The smallest absolute Gasteiger partial charge is 0.408 e. The maximum atomic E-state index is 14.2. The first kappa shape index (κ1) is 33.5. The lowest BCUT2D eigenvalue weighted by molar-refractivity contribution is -0.146. The molecule has 0 aliphatic heterocycles. The van der Waals surface area contributed by atoms with Crippen molar-refractivity contribution in [1.82, 2.24) is 15.5 Å². The summed E-state index contributed by atoms with van der Waals surface area (Å²) in [5, 5.41) is 5.50. The molecule has 216 valence electrons. The average molecular weight is 544 g/mol. The van der Waals surface area contributed by atoms with Crippen molar-refractivity contribution in [3.8, 4) is 12.3 Å². The lowest BCUT2D eigenvalue weighted by atomic mass is 9.94. The number of esters is 1. The second-order valence-corrected chi connectivity index (χ2v) is 10.8. The van der Waals surface area contributed by atoms with Gasteiger partial charge in [0.15, 0.2) is 0 Å². The Bertz CT molecular complexity index is 1020. The second kappa shape index (κ2) is 15.8. The minimum absolute atomic E-state index is 0.0173. The summed E-state index contributed by atoms with van der Waals surface area (Å²) >= 11 is 0. The number of rotatable bonds is 13. The monoisotopic (exact) mass is 543 g/mol. The Balaban J connectivity index is 3.54. The molecule has 1 aromatic carbocycles. The van der Waals surface area contributed by atoms with Crippen LogP contribution < -0.4 is 10.6 Å². The number of carbonyl (C=O) groups excluding carboxylic acids is 4. The van der Waals surface area contributed by atoms with E-state index < -0.39 is 41.6 Å². The highest BCUT2D eigenvalue weighted by Crippen LogP contribution is 2.29. The van der Waals surface area contributed by atoms with Crippen molar-refractivity contribution in [3.05, 3.63) is 35.4 Å². The molecule has 3 unspecified atom stereocenters. The molecule has 0 saturated carbocycles. The summed E-state index contributed by atoms with van der Waals surface area (Å²) < 4.78 is 10.4. The fourth-order valence-electron chi connectivity index (χ4n) is 4.02. The Morgan fingerprint density at radius 2 is 1.72 bits per heavy atom. The van der Waals surface area contributed by atoms with Gasteiger partial charge in [0, 0.05) is 18.2 Å². The van der Waals surface area contributed by atoms with E-state index in [2.05, 4.69) is 16.6 Å². The average Bonchev–Trinajstić information content (AvgIpc) is 2.84. The largest absolute Gasteiger partial charge is 0.466 e. The van der Waals surface area contributed by atoms with Gasteiger partial charge in [0.1, 0.15) is 17.7 Å². The van der Waals surface area contributed by atoms with Crippen LogP contribution in [0.4, 0.5) is 4.79 Å². The zero-order valence-electron chi connectivity index (χ0n) is 24.6. The highest BCUT2D eigenvalue weighted by molar-refractivity contribution is 5.93. The lowest BCUT2D eigenvalue weighted by Gasteiger charge is -2.39. The van der Waals surface area contributed by atoms with Crippen molar-refractivity contribution < 1.29 is 28.7 Å². The van der Waals surface area contributed by atoms with Crippen LogP contribution in [0.2, 0.25) is 0 Å². The van der Waals surface area contributed by atoms with Gasteiger partial charge in [-0.05, 0) is 65.0 Å². The van der Waals surface area contributed by atoms with Gasteiger partial charge in [0.2, 0.25) is 11.8 Å². The van der Waals surface area contributed by atoms with Gasteiger partial charge in [0.25, 0.3) is 0 Å². The third-order valence-corrected chi connectivity index (χ3v) is 5.89. The van der Waals surface area contributed by atoms with Gasteiger partial charge in [0.05, 0.1) is 13.0 Å². The molecule has 0 radical (unpaired) electrons. The Morgan fingerprint density at radius 3 is 2.26 bits per heavy atom. The summed E-state index contributed by atoms with van der Waals surface area (Å²) in [5.74, 6) is 1.31. The zero-order valence-corrected chi connectivity index (χ0v) is 24.6. The quantitative estimate of drug-likeness (QED) is 0.283. The van der Waals surface area contributed by atoms with E-state index in [0.717, 1.165) is 0 Å². The summed E-state index contributed by atoms with van der Waals surface area (Å²) in [7, 11) is 0. The van der Waals surface area contributed by atoms with Gasteiger partial charge < -0.3 is 25.0 Å². The molecule has 0 bridgehead atoms. The molecule has 0 saturated heterocycles. The van der Waals surface area contributed by atoms with E-state index >= 15 is 0 Å². The van der Waals surface area contributed by atoms with Gasteiger partial charge in [-0.2, -0.15) is 0 Å². The summed E-state index contributed by atoms with van der Waals surface area (Å²) in [5.41, 5.74) is 0.187. The number of nitrogens with one attached hydrogen (secondary N) is 2. The summed E-state index contributed by atoms with van der Waals surface area (Å²) in [6.07, 6.45) is 5.91. The Labute approximate surface area is 233 Å². The van der Waals surface area contributed by atoms with Crippen molar-refractivity contribution in [2.24, 2.45) is 5.92 Å². The minimum atomic E-state index is -1.10. The van der Waals surface area contributed by atoms with Crippen LogP contribution in [0.5, 0.6) is 0 Å². The molecule has 0 aliphatic rings. The number of alkyl carbamates (subject to hydrolysis) is 1. The van der Waals surface area contributed by atoms with Crippen LogP contribution in [0.15, 0.2) is 24.3 Å². The molecule has 3 atom stereocenters. The summed E-state index contributed by atoms with van der Waals surface area (Å²) in [6, 6.07) is 4.50. The molecule has 0 spiro atoms. The number of nitrogens with zero attached hydrogens (tertiary/aromatic N) is 1. The second-order valence-electron chi connectivity index (χ2n) is 10.8. The third-order valence-electron chi connectivity index (χ3n) is 5.89. The van der Waals surface area contributed by atoms with Crippen molar-refractivity contribution in [1.29, 1.82) is 0 Å². The minimum Gasteiger partial charge on any atom is -0.466 e. The van der Waals surface area contributed by atoms with Crippen molar-refractivity contribution in [2.45, 2.75) is 98.4 Å². The van der Waals surface area contributed by atoms with Crippen LogP contribution in [0, 0.1) is 18.3 Å². The number of hydrogen-bond acceptors (Lipinski definition) is 6. The van der Waals surface area contributed by atoms with E-state index in [9.17, 15) is 19.2 Å². The van der Waals surface area contributed by atoms with Gasteiger partial charge in [-0.15, -0.1) is 6.42 Å². The molecular weight excluding hydrogens is 498 g/mol. The Morgan fingerprint density at radius 1 is 1.08 bits per heavy atom. The molecule has 0 fully saturated rings. The first-order valence-corrected chi connectivity index (χ1v) is 13.6. The standard InChI is InChI=1S/C30H45N3O6/c1-10-21(6)33(28(36)24(19-20(4)5)32-29(37)39-30(7,8)9)26(23-16-14-13-15-22(23)11-2)27(35)31-18-17-25(34)38-12-3/h2,13-16,20-21,24,26H,10,12,17-19H2,1,3-9H3,(H,31,35)(H,32,37). The number of ether oxygens (including phenoxy) is 2. The molecule has 3 amide bonds. The number of benzene rings is 1. The lowest BCUT2D eigenvalue weighted by Crippen LogP contribution is -2.56. The molecule has 9 heteroatoms. The van der Waals surface area contributed by atoms with E-state index in [4.69, 9.17) is 15.9 Å². The maximum absolute atomic E-state index is 14.2. The molecule has 1 rings (SSSR count). The number of carbonyl (C=O) groups is 4. The molecular formula is C30H45N3O6. The molecule has 9 nitrogen and oxygen atoms in total. The SMILES string of the molecule is C#Cc1ccccc1C(C(=O)NCCC(=O)OCC)N(C(=O)C(CC(C)C)NC(=O)OC(C)(C)C)C(C)CC. The van der Waals surface area contributed by atoms with Gasteiger partial charge in [-0.1, -0.05) is 44.9 Å². The molecule has 0 aliphatic carbocycles. The number of hydrogen-bond donors (Lipinski definition) is 2. The molecule has 0 aromatic heterocycles. The zero-order chi connectivity index (χ0) is 29.8. The Kier molecular flexibility index (Phi) is 13.5. The molecule has 39 heavy (non-hydrogen) atoms. The predicted octanol–water partition coefficient (Wildman–Crippen LogP) is 4.34. The van der Waals surface area contributed by atoms with Gasteiger partial charge >= 0.3 is 12.1 Å². The van der Waals surface area contributed by atoms with Crippen LogP contribution in [-0.2, 0) is 23.9 Å². The first-order chi connectivity index (χ1) is 18.2. The van der Waals surface area contributed by atoms with E-state index in [-0.39, 0.29) is 31.5 Å². The highest BCUT2D eigenvalue weighted by Gasteiger charge is 2.39. The van der Waals surface area contributed by atoms with Crippen molar-refractivity contribution >= 4 is 23.9 Å². The molecule has 2 N–H and O–H groups in total. The van der Waals surface area contributed by atoms with Crippen LogP contribution in [0.1, 0.15) is 91.8 Å². The highest BCUT2D eigenvalue weighted by atomic mass is 16.6. The topological polar surface area (TPSA) is 114 Å². The summed E-state index contributed by atoms with van der Waals surface area (Å²) in [6.45, 7) is 14.8. The van der Waals surface area contributed by atoms with Crippen LogP contribution in [0.3, 0.4) is 0 Å². The summed E-state index contributed by atoms with van der Waals surface area (Å²) in [4.78, 5) is 54.0. The van der Waals surface area contributed by atoms with Crippen LogP contribution >= 0.6 is 0 Å².